The maximum Gasteiger partial charge on any atom is 0.226 e. The lowest BCUT2D eigenvalue weighted by atomic mass is 9.76. The molecule has 2 fully saturated rings. The molecule has 0 aromatic carbocycles. The molecule has 0 aromatic heterocycles. The molecule has 1 saturated carbocycles. The standard InChI is InChI=1S/C13H23N3O2/c1-9-10(3-2-4-11(9)14)13(18)16-7-5-12(17)15-6-8-16/h9-11H,2-8,14H2,1H3,(H,15,17). The smallest absolute Gasteiger partial charge is 0.226 e. The Morgan fingerprint density at radius 2 is 2.17 bits per heavy atom. The summed E-state index contributed by atoms with van der Waals surface area (Å²) in [6.07, 6.45) is 3.41. The van der Waals surface area contributed by atoms with Crippen LogP contribution in [0.5, 0.6) is 0 Å². The van der Waals surface area contributed by atoms with E-state index in [0.717, 1.165) is 19.3 Å². The van der Waals surface area contributed by atoms with Gasteiger partial charge in [0.15, 0.2) is 0 Å². The molecule has 1 aliphatic carbocycles. The highest BCUT2D eigenvalue weighted by atomic mass is 16.2. The first kappa shape index (κ1) is 13.3. The Balaban J connectivity index is 1.99. The first-order valence-electron chi connectivity index (χ1n) is 6.90. The average Bonchev–Trinajstić information content (AvgIpc) is 2.57. The van der Waals surface area contributed by atoms with Gasteiger partial charge >= 0.3 is 0 Å². The van der Waals surface area contributed by atoms with Gasteiger partial charge in [0, 0.05) is 38.0 Å². The third-order valence-electron chi connectivity index (χ3n) is 4.30. The summed E-state index contributed by atoms with van der Waals surface area (Å²) in [7, 11) is 0. The molecule has 2 aliphatic rings. The predicted octanol–water partition coefficient (Wildman–Crippen LogP) is 0.0984. The van der Waals surface area contributed by atoms with E-state index in [1.54, 1.807) is 0 Å². The number of hydrogen-bond acceptors (Lipinski definition) is 3. The van der Waals surface area contributed by atoms with Crippen LogP contribution in [-0.2, 0) is 9.59 Å². The van der Waals surface area contributed by atoms with E-state index in [-0.39, 0.29) is 29.7 Å². The van der Waals surface area contributed by atoms with Crippen molar-refractivity contribution in [1.82, 2.24) is 10.2 Å². The van der Waals surface area contributed by atoms with Crippen LogP contribution in [-0.4, -0.2) is 42.4 Å². The van der Waals surface area contributed by atoms with E-state index < -0.39 is 0 Å². The first-order chi connectivity index (χ1) is 8.59. The Bertz CT molecular complexity index is 332. The lowest BCUT2D eigenvalue weighted by Crippen LogP contribution is -2.46. The SMILES string of the molecule is CC1C(N)CCCC1C(=O)N1CCNC(=O)CC1. The number of nitrogens with one attached hydrogen (secondary N) is 1. The van der Waals surface area contributed by atoms with E-state index in [2.05, 4.69) is 12.2 Å². The van der Waals surface area contributed by atoms with E-state index >= 15 is 0 Å². The molecule has 3 atom stereocenters. The minimum atomic E-state index is 0.0405. The van der Waals surface area contributed by atoms with Crippen LogP contribution in [0, 0.1) is 11.8 Å². The highest BCUT2D eigenvalue weighted by Gasteiger charge is 2.35. The predicted molar refractivity (Wildman–Crippen MR) is 68.7 cm³/mol. The Labute approximate surface area is 108 Å². The van der Waals surface area contributed by atoms with Crippen LogP contribution in [0.3, 0.4) is 0 Å². The minimum Gasteiger partial charge on any atom is -0.354 e. The van der Waals surface area contributed by atoms with Crippen molar-refractivity contribution in [1.29, 1.82) is 0 Å². The van der Waals surface area contributed by atoms with Gasteiger partial charge < -0.3 is 16.0 Å². The average molecular weight is 253 g/mol. The number of rotatable bonds is 1. The zero-order valence-corrected chi connectivity index (χ0v) is 11.0. The van der Waals surface area contributed by atoms with Gasteiger partial charge in [-0.1, -0.05) is 13.3 Å². The molecule has 1 saturated heterocycles. The molecular weight excluding hydrogens is 230 g/mol. The summed E-state index contributed by atoms with van der Waals surface area (Å²) in [6, 6.07) is 0.138. The quantitative estimate of drug-likeness (QED) is 0.696. The van der Waals surface area contributed by atoms with Crippen molar-refractivity contribution in [2.75, 3.05) is 19.6 Å². The van der Waals surface area contributed by atoms with Crippen LogP contribution in [0.1, 0.15) is 32.6 Å². The molecule has 1 heterocycles. The van der Waals surface area contributed by atoms with Gasteiger partial charge in [-0.2, -0.15) is 0 Å². The van der Waals surface area contributed by atoms with Crippen molar-refractivity contribution in [2.45, 2.75) is 38.6 Å². The van der Waals surface area contributed by atoms with E-state index in [1.165, 1.54) is 0 Å². The van der Waals surface area contributed by atoms with Gasteiger partial charge in [0.1, 0.15) is 0 Å². The highest BCUT2D eigenvalue weighted by Crippen LogP contribution is 2.30. The molecule has 5 nitrogen and oxygen atoms in total. The van der Waals surface area contributed by atoms with E-state index in [4.69, 9.17) is 5.73 Å². The fraction of sp³-hybridized carbons (Fsp3) is 0.846. The Hall–Kier alpha value is -1.10. The molecule has 2 rings (SSSR count). The second-order valence-electron chi connectivity index (χ2n) is 5.49. The largest absolute Gasteiger partial charge is 0.354 e. The Kier molecular flexibility index (Phi) is 4.22. The van der Waals surface area contributed by atoms with Gasteiger partial charge in [-0.25, -0.2) is 0 Å². The molecule has 18 heavy (non-hydrogen) atoms. The second-order valence-corrected chi connectivity index (χ2v) is 5.49. The van der Waals surface area contributed by atoms with Crippen LogP contribution in [0.2, 0.25) is 0 Å². The number of hydrogen-bond donors (Lipinski definition) is 2. The summed E-state index contributed by atoms with van der Waals surface area (Å²) in [5.41, 5.74) is 6.05. The summed E-state index contributed by atoms with van der Waals surface area (Å²) < 4.78 is 0. The number of nitrogens with two attached hydrogens (primary N) is 1. The number of carbonyl (C=O) groups is 2. The van der Waals surface area contributed by atoms with Gasteiger partial charge in [0.25, 0.3) is 0 Å². The number of carbonyl (C=O) groups excluding carboxylic acids is 2. The van der Waals surface area contributed by atoms with E-state index in [0.29, 0.717) is 26.1 Å². The summed E-state index contributed by atoms with van der Waals surface area (Å²) in [5, 5.41) is 2.79. The molecule has 5 heteroatoms. The van der Waals surface area contributed by atoms with Crippen molar-refractivity contribution < 1.29 is 9.59 Å². The van der Waals surface area contributed by atoms with Crippen molar-refractivity contribution >= 4 is 11.8 Å². The fourth-order valence-corrected chi connectivity index (χ4v) is 2.97. The van der Waals surface area contributed by atoms with E-state index in [9.17, 15) is 9.59 Å². The lowest BCUT2D eigenvalue weighted by Gasteiger charge is -2.35. The minimum absolute atomic E-state index is 0.0405. The third kappa shape index (κ3) is 2.83. The van der Waals surface area contributed by atoms with Gasteiger partial charge in [-0.15, -0.1) is 0 Å². The number of nitrogens with zero attached hydrogens (tertiary/aromatic N) is 1. The van der Waals surface area contributed by atoms with Crippen molar-refractivity contribution in [2.24, 2.45) is 17.6 Å². The second kappa shape index (κ2) is 5.69. The molecule has 3 N–H and O–H groups in total. The molecule has 3 unspecified atom stereocenters. The number of amides is 2. The van der Waals surface area contributed by atoms with Crippen molar-refractivity contribution in [3.63, 3.8) is 0 Å². The van der Waals surface area contributed by atoms with Gasteiger partial charge in [-0.05, 0) is 18.8 Å². The van der Waals surface area contributed by atoms with E-state index in [1.807, 2.05) is 4.90 Å². The first-order valence-corrected chi connectivity index (χ1v) is 6.90. The zero-order chi connectivity index (χ0) is 13.1. The highest BCUT2D eigenvalue weighted by molar-refractivity contribution is 5.81. The topological polar surface area (TPSA) is 75.4 Å². The van der Waals surface area contributed by atoms with Gasteiger partial charge in [-0.3, -0.25) is 9.59 Å². The molecular formula is C13H23N3O2. The van der Waals surface area contributed by atoms with Crippen LogP contribution in [0.25, 0.3) is 0 Å². The van der Waals surface area contributed by atoms with Crippen LogP contribution >= 0.6 is 0 Å². The molecule has 0 bridgehead atoms. The summed E-state index contributed by atoms with van der Waals surface area (Å²) in [6.45, 7) is 3.82. The fourth-order valence-electron chi connectivity index (χ4n) is 2.97. The van der Waals surface area contributed by atoms with Crippen molar-refractivity contribution in [3.8, 4) is 0 Å². The maximum atomic E-state index is 12.5. The summed E-state index contributed by atoms with van der Waals surface area (Å²) >= 11 is 0. The lowest BCUT2D eigenvalue weighted by molar-refractivity contribution is -0.138. The Morgan fingerprint density at radius 1 is 1.39 bits per heavy atom. The summed E-state index contributed by atoms with van der Waals surface area (Å²) in [5.74, 6) is 0.521. The zero-order valence-electron chi connectivity index (χ0n) is 11.0. The molecule has 2 amide bonds. The Morgan fingerprint density at radius 3 is 2.94 bits per heavy atom. The summed E-state index contributed by atoms with van der Waals surface area (Å²) in [4.78, 5) is 25.6. The van der Waals surface area contributed by atoms with Gasteiger partial charge in [0.05, 0.1) is 0 Å². The third-order valence-corrected chi connectivity index (χ3v) is 4.30. The van der Waals surface area contributed by atoms with Crippen molar-refractivity contribution in [3.05, 3.63) is 0 Å². The molecule has 0 spiro atoms. The van der Waals surface area contributed by atoms with Crippen LogP contribution in [0.4, 0.5) is 0 Å². The molecule has 0 radical (unpaired) electrons. The normalized spacial score (nSPS) is 33.8. The van der Waals surface area contributed by atoms with Crippen LogP contribution in [0.15, 0.2) is 0 Å². The molecule has 1 aliphatic heterocycles. The molecule has 102 valence electrons. The monoisotopic (exact) mass is 253 g/mol. The van der Waals surface area contributed by atoms with Crippen LogP contribution < -0.4 is 11.1 Å². The van der Waals surface area contributed by atoms with Gasteiger partial charge in [0.2, 0.25) is 11.8 Å². The maximum absolute atomic E-state index is 12.5. The molecule has 0 aromatic rings.